The highest BCUT2D eigenvalue weighted by atomic mass is 31.2. The van der Waals surface area contributed by atoms with E-state index in [1.165, 1.54) is 0 Å². The molecule has 0 fully saturated rings. The van der Waals surface area contributed by atoms with Crippen LogP contribution in [0.25, 0.3) is 0 Å². The molecule has 2 atom stereocenters. The second-order valence-electron chi connectivity index (χ2n) is 11.3. The molecule has 0 aliphatic heterocycles. The van der Waals surface area contributed by atoms with Crippen molar-refractivity contribution < 1.29 is 9.32 Å². The van der Waals surface area contributed by atoms with Crippen LogP contribution in [0.1, 0.15) is 56.4 Å². The molecule has 0 heterocycles. The van der Waals surface area contributed by atoms with Crippen LogP contribution >= 0.6 is 8.45 Å². The van der Waals surface area contributed by atoms with Crippen LogP contribution in [0.2, 0.25) is 0 Å². The van der Waals surface area contributed by atoms with Gasteiger partial charge in [0.15, 0.2) is 0 Å². The Labute approximate surface area is 264 Å². The van der Waals surface area contributed by atoms with Crippen LogP contribution in [-0.4, -0.2) is 35.3 Å². The van der Waals surface area contributed by atoms with Crippen LogP contribution in [0.5, 0.6) is 0 Å². The lowest BCUT2D eigenvalue weighted by Crippen LogP contribution is -2.56. The summed E-state index contributed by atoms with van der Waals surface area (Å²) in [4.78, 5) is 14.6. The zero-order chi connectivity index (χ0) is 31.4. The van der Waals surface area contributed by atoms with E-state index in [0.29, 0.717) is 6.42 Å². The number of carbonyl (C=O) groups excluding carboxylic acids is 1. The number of amides is 1. The second-order valence-corrected chi connectivity index (χ2v) is 12.8. The molecule has 0 aromatic heterocycles. The molecule has 4 aromatic rings. The first kappa shape index (κ1) is 33.1. The van der Waals surface area contributed by atoms with Gasteiger partial charge in [-0.1, -0.05) is 121 Å². The van der Waals surface area contributed by atoms with Crippen molar-refractivity contribution in [3.8, 4) is 6.07 Å². The molecular formula is C37H43N4O2P. The van der Waals surface area contributed by atoms with Crippen molar-refractivity contribution in [2.24, 2.45) is 0 Å². The molecule has 6 nitrogen and oxygen atoms in total. The summed E-state index contributed by atoms with van der Waals surface area (Å²) in [6.45, 7) is 8.64. The highest BCUT2D eigenvalue weighted by molar-refractivity contribution is 7.48. The summed E-state index contributed by atoms with van der Waals surface area (Å²) < 4.78 is 8.41. The summed E-state index contributed by atoms with van der Waals surface area (Å²) in [5, 5.41) is 16.4. The molecule has 44 heavy (non-hydrogen) atoms. The predicted octanol–water partition coefficient (Wildman–Crippen LogP) is 7.57. The number of carbonyl (C=O) groups is 1. The van der Waals surface area contributed by atoms with Gasteiger partial charge < -0.3 is 4.52 Å². The van der Waals surface area contributed by atoms with Crippen LogP contribution in [0, 0.1) is 11.3 Å². The van der Waals surface area contributed by atoms with Crippen molar-refractivity contribution in [3.63, 3.8) is 0 Å². The van der Waals surface area contributed by atoms with E-state index in [1.807, 2.05) is 72.8 Å². The minimum atomic E-state index is -1.52. The van der Waals surface area contributed by atoms with Crippen molar-refractivity contribution in [1.29, 1.82) is 5.26 Å². The van der Waals surface area contributed by atoms with Crippen LogP contribution < -0.4 is 10.4 Å². The van der Waals surface area contributed by atoms with E-state index in [4.69, 9.17) is 4.52 Å². The van der Waals surface area contributed by atoms with Crippen molar-refractivity contribution in [2.45, 2.75) is 64.2 Å². The Morgan fingerprint density at radius 3 is 1.61 bits per heavy atom. The fourth-order valence-corrected chi connectivity index (χ4v) is 7.42. The maximum absolute atomic E-state index is 14.6. The topological polar surface area (TPSA) is 77.4 Å². The van der Waals surface area contributed by atoms with E-state index in [-0.39, 0.29) is 31.0 Å². The van der Waals surface area contributed by atoms with Gasteiger partial charge >= 0.3 is 0 Å². The lowest BCUT2D eigenvalue weighted by molar-refractivity contribution is -0.122. The van der Waals surface area contributed by atoms with Gasteiger partial charge in [-0.15, -0.1) is 0 Å². The van der Waals surface area contributed by atoms with E-state index in [2.05, 4.69) is 97.4 Å². The Balaban J connectivity index is 1.84. The highest BCUT2D eigenvalue weighted by Gasteiger charge is 2.41. The zero-order valence-corrected chi connectivity index (χ0v) is 27.0. The molecule has 1 unspecified atom stereocenters. The number of hydrogen-bond donors (Lipinski definition) is 2. The van der Waals surface area contributed by atoms with Crippen LogP contribution in [0.15, 0.2) is 121 Å². The largest absolute Gasteiger partial charge is 0.326 e. The average Bonchev–Trinajstić information content (AvgIpc) is 3.04. The van der Waals surface area contributed by atoms with E-state index >= 15 is 0 Å². The Hall–Kier alpha value is -3.85. The quantitative estimate of drug-likeness (QED) is 0.0829. The smallest absolute Gasteiger partial charge is 0.243 e. The molecule has 4 rings (SSSR count). The fourth-order valence-electron chi connectivity index (χ4n) is 5.66. The maximum atomic E-state index is 14.6. The number of hydrogen-bond acceptors (Lipinski definition) is 5. The summed E-state index contributed by atoms with van der Waals surface area (Å²) in [5.74, 6) is -0.157. The van der Waals surface area contributed by atoms with Gasteiger partial charge in [-0.25, -0.2) is 4.67 Å². The number of nitrogens with one attached hydrogen (secondary N) is 2. The molecule has 2 N–H and O–H groups in total. The number of nitriles is 1. The Morgan fingerprint density at radius 1 is 0.773 bits per heavy atom. The third-order valence-electron chi connectivity index (χ3n) is 7.51. The van der Waals surface area contributed by atoms with Gasteiger partial charge in [0.1, 0.15) is 0 Å². The molecule has 0 aliphatic carbocycles. The van der Waals surface area contributed by atoms with Crippen molar-refractivity contribution in [2.75, 3.05) is 6.61 Å². The van der Waals surface area contributed by atoms with E-state index in [0.717, 1.165) is 22.3 Å². The molecule has 4 aromatic carbocycles. The van der Waals surface area contributed by atoms with Gasteiger partial charge in [0.25, 0.3) is 0 Å². The molecule has 228 valence electrons. The average molecular weight is 607 g/mol. The maximum Gasteiger partial charge on any atom is 0.243 e. The first-order chi connectivity index (χ1) is 21.4. The highest BCUT2D eigenvalue weighted by Crippen LogP contribution is 2.42. The number of benzene rings is 4. The molecule has 0 spiro atoms. The molecule has 0 aliphatic rings. The van der Waals surface area contributed by atoms with Crippen molar-refractivity contribution in [3.05, 3.63) is 144 Å². The molecule has 0 saturated carbocycles. The normalized spacial score (nSPS) is 13.0. The Bertz CT molecular complexity index is 1360. The summed E-state index contributed by atoms with van der Waals surface area (Å²) >= 11 is 0. The number of nitrogens with zero attached hydrogens (tertiary/aromatic N) is 2. The minimum Gasteiger partial charge on any atom is -0.326 e. The molecule has 0 radical (unpaired) electrons. The molecular weight excluding hydrogens is 563 g/mol. The number of rotatable bonds is 15. The van der Waals surface area contributed by atoms with E-state index < -0.39 is 20.0 Å². The molecule has 7 heteroatoms. The monoisotopic (exact) mass is 606 g/mol. The fraction of sp³-hybridized carbons (Fsp3) is 0.297. The van der Waals surface area contributed by atoms with E-state index in [1.54, 1.807) is 0 Å². The lowest BCUT2D eigenvalue weighted by Gasteiger charge is -2.41. The van der Waals surface area contributed by atoms with Gasteiger partial charge in [0, 0.05) is 12.1 Å². The lowest BCUT2D eigenvalue weighted by atomic mass is 9.76. The summed E-state index contributed by atoms with van der Waals surface area (Å²) in [7, 11) is -1.52. The van der Waals surface area contributed by atoms with Gasteiger partial charge in [0.2, 0.25) is 14.4 Å². The summed E-state index contributed by atoms with van der Waals surface area (Å²) in [6.07, 6.45) is 0.717. The predicted molar refractivity (Wildman–Crippen MR) is 180 cm³/mol. The minimum absolute atomic E-state index is 0.126. The first-order valence-corrected chi connectivity index (χ1v) is 16.4. The molecule has 0 saturated heterocycles. The van der Waals surface area contributed by atoms with Crippen LogP contribution in [0.3, 0.4) is 0 Å². The SMILES string of the molecule is CC(C)N(C(C)C)P(NC(=O)[C@H](Cc1ccccc1)NC(c1ccccc1)(c1ccccc1)c1ccccc1)OCCC#N. The van der Waals surface area contributed by atoms with Crippen molar-refractivity contribution in [1.82, 2.24) is 15.1 Å². The molecule has 0 bridgehead atoms. The van der Waals surface area contributed by atoms with Gasteiger partial charge in [-0.2, -0.15) is 5.26 Å². The second kappa shape index (κ2) is 16.3. The summed E-state index contributed by atoms with van der Waals surface area (Å²) in [5.41, 5.74) is 3.30. The third kappa shape index (κ3) is 8.20. The third-order valence-corrected chi connectivity index (χ3v) is 9.69. The summed E-state index contributed by atoms with van der Waals surface area (Å²) in [6, 6.07) is 42.8. The van der Waals surface area contributed by atoms with Crippen LogP contribution in [0.4, 0.5) is 0 Å². The Kier molecular flexibility index (Phi) is 12.2. The first-order valence-electron chi connectivity index (χ1n) is 15.2. The van der Waals surface area contributed by atoms with Gasteiger partial charge in [-0.3, -0.25) is 15.2 Å². The molecule has 1 amide bonds. The van der Waals surface area contributed by atoms with E-state index in [9.17, 15) is 10.1 Å². The van der Waals surface area contributed by atoms with Gasteiger partial charge in [-0.05, 0) is 56.4 Å². The Morgan fingerprint density at radius 2 is 1.20 bits per heavy atom. The van der Waals surface area contributed by atoms with Crippen molar-refractivity contribution >= 4 is 14.4 Å². The zero-order valence-electron chi connectivity index (χ0n) is 26.1. The van der Waals surface area contributed by atoms with Gasteiger partial charge in [0.05, 0.1) is 30.7 Å². The standard InChI is InChI=1S/C37H43N4O2P/c1-29(2)41(30(3)4)44(43-27-17-26-38)40-36(42)35(28-31-18-9-5-10-19-31)39-37(32-20-11-6-12-21-32,33-22-13-7-14-23-33)34-24-15-8-16-25-34/h5-16,18-25,29-30,35,39H,17,27-28H2,1-4H3,(H,40,42)/t35-,44?/m0/s1. The van der Waals surface area contributed by atoms with Crippen LogP contribution in [-0.2, 0) is 21.3 Å².